The van der Waals surface area contributed by atoms with Gasteiger partial charge in [-0.05, 0) is 36.5 Å². The first-order valence-corrected chi connectivity index (χ1v) is 13.7. The summed E-state index contributed by atoms with van der Waals surface area (Å²) in [5, 5.41) is 5.79. The Morgan fingerprint density at radius 2 is 1.85 bits per heavy atom. The van der Waals surface area contributed by atoms with E-state index in [4.69, 9.17) is 11.6 Å². The summed E-state index contributed by atoms with van der Waals surface area (Å²) in [6, 6.07) is -2.23. The van der Waals surface area contributed by atoms with Crippen molar-refractivity contribution in [1.82, 2.24) is 26.0 Å². The lowest BCUT2D eigenvalue weighted by Gasteiger charge is -2.37. The number of nitrogens with zero attached hydrogens (tertiary/aromatic N) is 2. The third kappa shape index (κ3) is 6.12. The maximum absolute atomic E-state index is 13.9. The molecule has 2 aliphatic heterocycles. The first-order valence-electron chi connectivity index (χ1n) is 13.3. The van der Waals surface area contributed by atoms with E-state index in [9.17, 15) is 37.1 Å². The van der Waals surface area contributed by atoms with Crippen molar-refractivity contribution in [1.29, 1.82) is 0 Å². The predicted molar refractivity (Wildman–Crippen MR) is 132 cm³/mol. The van der Waals surface area contributed by atoms with Gasteiger partial charge in [-0.3, -0.25) is 29.4 Å². The molecule has 218 valence electrons. The van der Waals surface area contributed by atoms with Gasteiger partial charge in [-0.2, -0.15) is 0 Å². The van der Waals surface area contributed by atoms with Crippen LogP contribution >= 0.6 is 11.6 Å². The molecule has 2 aliphatic carbocycles. The summed E-state index contributed by atoms with van der Waals surface area (Å²) in [4.78, 5) is 65.9. The van der Waals surface area contributed by atoms with Gasteiger partial charge in [-0.1, -0.05) is 38.8 Å². The van der Waals surface area contributed by atoms with Crippen LogP contribution < -0.4 is 16.1 Å². The predicted octanol–water partition coefficient (Wildman–Crippen LogP) is 1.33. The lowest BCUT2D eigenvalue weighted by molar-refractivity contribution is -0.150. The van der Waals surface area contributed by atoms with Crippen molar-refractivity contribution in [2.75, 3.05) is 19.6 Å². The smallest absolute Gasteiger partial charge is 0.291 e. The van der Waals surface area contributed by atoms with E-state index in [-0.39, 0.29) is 30.8 Å². The second-order valence-electron chi connectivity index (χ2n) is 12.1. The molecule has 0 bridgehead atoms. The molecular formula is C25H35ClF3N5O5. The zero-order chi connectivity index (χ0) is 28.9. The molecule has 4 fully saturated rings. The van der Waals surface area contributed by atoms with E-state index in [1.807, 2.05) is 0 Å². The third-order valence-corrected chi connectivity index (χ3v) is 8.43. The van der Waals surface area contributed by atoms with E-state index < -0.39 is 70.9 Å². The summed E-state index contributed by atoms with van der Waals surface area (Å²) in [5.41, 5.74) is -0.927. The highest BCUT2D eigenvalue weighted by Gasteiger charge is 2.62. The van der Waals surface area contributed by atoms with E-state index in [1.54, 1.807) is 20.8 Å². The summed E-state index contributed by atoms with van der Waals surface area (Å²) >= 11 is 5.38. The van der Waals surface area contributed by atoms with E-state index in [1.165, 1.54) is 4.90 Å². The van der Waals surface area contributed by atoms with Crippen LogP contribution in [0.4, 0.5) is 13.2 Å². The first kappa shape index (κ1) is 29.4. The third-order valence-electron chi connectivity index (χ3n) is 8.25. The van der Waals surface area contributed by atoms with Gasteiger partial charge in [0.25, 0.3) is 23.4 Å². The highest BCUT2D eigenvalue weighted by molar-refractivity contribution is 6.29. The average molecular weight is 578 g/mol. The molecule has 4 aliphatic rings. The summed E-state index contributed by atoms with van der Waals surface area (Å²) in [7, 11) is 0. The minimum absolute atomic E-state index is 0.0134. The van der Waals surface area contributed by atoms with Crippen LogP contribution in [0.2, 0.25) is 0 Å². The van der Waals surface area contributed by atoms with E-state index in [2.05, 4.69) is 16.1 Å². The SMILES string of the molecule is CC(C)(C)[C@H](NC(=O)C1CC1(F)F)C(=O)N1C[C@@H]2CCC[C@@H]2[C@H]1C(=O)NN(C[C@@H]1CCNC1=O)C(=O)[C@@H](F)Cl. The van der Waals surface area contributed by atoms with Crippen LogP contribution in [-0.2, 0) is 24.0 Å². The molecule has 2 saturated carbocycles. The Labute approximate surface area is 229 Å². The molecule has 4 rings (SSSR count). The number of carbonyl (C=O) groups is 5. The molecule has 0 radical (unpaired) electrons. The van der Waals surface area contributed by atoms with Crippen LogP contribution in [0.1, 0.15) is 52.9 Å². The Hall–Kier alpha value is -2.57. The number of hydrazine groups is 1. The number of halogens is 4. The van der Waals surface area contributed by atoms with Crippen molar-refractivity contribution in [2.24, 2.45) is 29.1 Å². The summed E-state index contributed by atoms with van der Waals surface area (Å²) in [6.07, 6.45) is 2.02. The number of rotatable bonds is 7. The van der Waals surface area contributed by atoms with E-state index in [0.717, 1.165) is 12.8 Å². The van der Waals surface area contributed by atoms with Gasteiger partial charge in [0.1, 0.15) is 18.0 Å². The number of nitrogens with one attached hydrogen (secondary N) is 3. The number of hydrogen-bond acceptors (Lipinski definition) is 5. The van der Waals surface area contributed by atoms with Gasteiger partial charge in [-0.25, -0.2) is 18.2 Å². The van der Waals surface area contributed by atoms with Gasteiger partial charge in [0, 0.05) is 19.5 Å². The van der Waals surface area contributed by atoms with Crippen LogP contribution in [0.15, 0.2) is 0 Å². The molecule has 0 aromatic rings. The van der Waals surface area contributed by atoms with Crippen LogP contribution in [0.25, 0.3) is 0 Å². The number of alkyl halides is 4. The molecule has 0 aromatic heterocycles. The molecule has 0 spiro atoms. The Morgan fingerprint density at radius 1 is 1.18 bits per heavy atom. The van der Waals surface area contributed by atoms with Crippen molar-refractivity contribution in [2.45, 2.75) is 76.5 Å². The monoisotopic (exact) mass is 577 g/mol. The Kier molecular flexibility index (Phi) is 8.13. The molecule has 39 heavy (non-hydrogen) atoms. The molecule has 0 aromatic carbocycles. The van der Waals surface area contributed by atoms with E-state index in [0.29, 0.717) is 24.4 Å². The fraction of sp³-hybridized carbons (Fsp3) is 0.800. The number of likely N-dealkylation sites (tertiary alicyclic amines) is 1. The number of hydrogen-bond donors (Lipinski definition) is 3. The summed E-state index contributed by atoms with van der Waals surface area (Å²) < 4.78 is 40.9. The molecule has 5 amide bonds. The molecule has 7 atom stereocenters. The molecule has 2 saturated heterocycles. The number of fused-ring (bicyclic) bond motifs is 1. The largest absolute Gasteiger partial charge is 0.356 e. The number of amides is 5. The van der Waals surface area contributed by atoms with Crippen molar-refractivity contribution in [3.63, 3.8) is 0 Å². The van der Waals surface area contributed by atoms with Crippen LogP contribution in [-0.4, -0.2) is 82.7 Å². The first-order chi connectivity index (χ1) is 18.1. The topological polar surface area (TPSA) is 128 Å². The van der Waals surface area contributed by atoms with Crippen molar-refractivity contribution < 1.29 is 37.1 Å². The average Bonchev–Trinajstić information content (AvgIpc) is 3.22. The molecule has 3 N–H and O–H groups in total. The van der Waals surface area contributed by atoms with Crippen LogP contribution in [0.5, 0.6) is 0 Å². The second kappa shape index (κ2) is 10.8. The van der Waals surface area contributed by atoms with Crippen LogP contribution in [0, 0.1) is 29.1 Å². The fourth-order valence-corrected chi connectivity index (χ4v) is 6.09. The zero-order valence-corrected chi connectivity index (χ0v) is 22.9. The Morgan fingerprint density at radius 3 is 2.38 bits per heavy atom. The zero-order valence-electron chi connectivity index (χ0n) is 22.1. The lowest BCUT2D eigenvalue weighted by atomic mass is 9.85. The van der Waals surface area contributed by atoms with Crippen molar-refractivity contribution in [3.05, 3.63) is 0 Å². The second-order valence-corrected chi connectivity index (χ2v) is 12.5. The maximum atomic E-state index is 13.9. The van der Waals surface area contributed by atoms with E-state index >= 15 is 0 Å². The van der Waals surface area contributed by atoms with Gasteiger partial charge >= 0.3 is 0 Å². The summed E-state index contributed by atoms with van der Waals surface area (Å²) in [6.45, 7) is 5.34. The highest BCUT2D eigenvalue weighted by Crippen LogP contribution is 2.49. The van der Waals surface area contributed by atoms with Crippen molar-refractivity contribution >= 4 is 41.1 Å². The fourth-order valence-electron chi connectivity index (χ4n) is 5.97. The molecule has 2 heterocycles. The Bertz CT molecular complexity index is 1040. The lowest BCUT2D eigenvalue weighted by Crippen LogP contribution is -2.61. The van der Waals surface area contributed by atoms with Gasteiger partial charge in [0.2, 0.25) is 17.7 Å². The van der Waals surface area contributed by atoms with Gasteiger partial charge in [0.05, 0.1) is 12.5 Å². The summed E-state index contributed by atoms with van der Waals surface area (Å²) in [5.74, 6) is -9.38. The quantitative estimate of drug-likeness (QED) is 0.311. The molecule has 14 heteroatoms. The maximum Gasteiger partial charge on any atom is 0.291 e. The highest BCUT2D eigenvalue weighted by atomic mass is 35.5. The minimum atomic E-state index is -3.11. The standard InChI is InChI=1S/C25H35ClF3N5O5/c1-24(2,3)17(31-20(36)15-9-25(15,28)29)22(38)33-10-12-5-4-6-14(12)16(33)21(37)32-34(23(39)18(26)27)11-13-7-8-30-19(13)35/h12-18H,4-11H2,1-3H3,(H,30,35)(H,31,36)(H,32,37)/t12-,13-,14-,15?,16-,17+,18+/m0/s1. The molecule has 1 unspecified atom stereocenters. The van der Waals surface area contributed by atoms with Gasteiger partial charge in [-0.15, -0.1) is 0 Å². The van der Waals surface area contributed by atoms with Crippen molar-refractivity contribution in [3.8, 4) is 0 Å². The normalized spacial score (nSPS) is 30.7. The Balaban J connectivity index is 1.55. The number of carbonyl (C=O) groups excluding carboxylic acids is 5. The van der Waals surface area contributed by atoms with Crippen LogP contribution in [0.3, 0.4) is 0 Å². The van der Waals surface area contributed by atoms with Gasteiger partial charge < -0.3 is 15.5 Å². The molecule has 10 nitrogen and oxygen atoms in total. The minimum Gasteiger partial charge on any atom is -0.356 e. The molecular weight excluding hydrogens is 543 g/mol. The van der Waals surface area contributed by atoms with Gasteiger partial charge in [0.15, 0.2) is 0 Å².